The molecule has 0 saturated carbocycles. The van der Waals surface area contributed by atoms with E-state index in [1.54, 1.807) is 0 Å². The third kappa shape index (κ3) is 2.17. The molecule has 0 saturated heterocycles. The summed E-state index contributed by atoms with van der Waals surface area (Å²) in [4.78, 5) is 15.4. The van der Waals surface area contributed by atoms with Crippen molar-refractivity contribution in [2.24, 2.45) is 0 Å². The molecule has 0 fully saturated rings. The van der Waals surface area contributed by atoms with Gasteiger partial charge in [0, 0.05) is 25.1 Å². The van der Waals surface area contributed by atoms with Crippen molar-refractivity contribution >= 4 is 17.0 Å². The van der Waals surface area contributed by atoms with Crippen LogP contribution in [0.4, 0.5) is 0 Å². The number of rotatable bonds is 5. The highest BCUT2D eigenvalue weighted by Crippen LogP contribution is 2.36. The molecule has 2 heterocycles. The van der Waals surface area contributed by atoms with Crippen LogP contribution in [0.15, 0.2) is 12.1 Å². The summed E-state index contributed by atoms with van der Waals surface area (Å²) in [5, 5.41) is 8.88. The van der Waals surface area contributed by atoms with Gasteiger partial charge in [-0.15, -0.1) is 0 Å². The number of hydrogen-bond donors (Lipinski definition) is 1. The number of imidazole rings is 1. The van der Waals surface area contributed by atoms with Crippen LogP contribution in [-0.4, -0.2) is 27.4 Å². The van der Waals surface area contributed by atoms with Crippen molar-refractivity contribution in [3.05, 3.63) is 18.0 Å². The zero-order valence-electron chi connectivity index (χ0n) is 11.3. The first-order valence-electron chi connectivity index (χ1n) is 6.69. The summed E-state index contributed by atoms with van der Waals surface area (Å²) in [5.74, 6) is 1.49. The Balaban J connectivity index is 2.07. The number of carboxylic acid groups (broad SMARTS) is 1. The van der Waals surface area contributed by atoms with Crippen molar-refractivity contribution in [1.82, 2.24) is 9.55 Å². The molecule has 0 unspecified atom stereocenters. The largest absolute Gasteiger partial charge is 0.481 e. The van der Waals surface area contributed by atoms with Gasteiger partial charge in [-0.1, -0.05) is 6.92 Å². The van der Waals surface area contributed by atoms with Crippen LogP contribution in [0.3, 0.4) is 0 Å². The molecule has 0 atom stereocenters. The van der Waals surface area contributed by atoms with Crippen LogP contribution in [0.1, 0.15) is 25.6 Å². The number of aryl methyl sites for hydroxylation is 2. The van der Waals surface area contributed by atoms with E-state index in [9.17, 15) is 4.79 Å². The molecule has 1 aromatic heterocycles. The van der Waals surface area contributed by atoms with E-state index in [4.69, 9.17) is 14.6 Å². The van der Waals surface area contributed by atoms with E-state index in [2.05, 4.69) is 11.9 Å². The fourth-order valence-corrected chi connectivity index (χ4v) is 2.44. The van der Waals surface area contributed by atoms with E-state index < -0.39 is 5.97 Å². The molecule has 1 aliphatic heterocycles. The van der Waals surface area contributed by atoms with Crippen LogP contribution in [0.5, 0.6) is 11.5 Å². The second-order valence-electron chi connectivity index (χ2n) is 4.77. The normalized spacial score (nSPS) is 13.1. The Morgan fingerprint density at radius 3 is 2.85 bits per heavy atom. The Morgan fingerprint density at radius 1 is 1.40 bits per heavy atom. The van der Waals surface area contributed by atoms with Crippen LogP contribution in [0.2, 0.25) is 0 Å². The average Bonchev–Trinajstić information content (AvgIpc) is 2.97. The van der Waals surface area contributed by atoms with Gasteiger partial charge in [0.2, 0.25) is 6.79 Å². The fourth-order valence-electron chi connectivity index (χ4n) is 2.44. The lowest BCUT2D eigenvalue weighted by atomic mass is 10.2. The summed E-state index contributed by atoms with van der Waals surface area (Å²) in [5.41, 5.74) is 1.72. The van der Waals surface area contributed by atoms with Crippen LogP contribution >= 0.6 is 0 Å². The molecule has 1 aliphatic rings. The van der Waals surface area contributed by atoms with E-state index in [0.29, 0.717) is 18.0 Å². The molecule has 106 valence electrons. The molecule has 0 spiro atoms. The van der Waals surface area contributed by atoms with Crippen LogP contribution in [-0.2, 0) is 17.8 Å². The van der Waals surface area contributed by atoms with Gasteiger partial charge in [-0.3, -0.25) is 4.79 Å². The molecule has 0 amide bonds. The smallest absolute Gasteiger partial charge is 0.305 e. The highest BCUT2D eigenvalue weighted by atomic mass is 16.7. The van der Waals surface area contributed by atoms with Gasteiger partial charge in [0.05, 0.1) is 17.5 Å². The Kier molecular flexibility index (Phi) is 3.22. The number of benzene rings is 1. The van der Waals surface area contributed by atoms with E-state index in [-0.39, 0.29) is 13.2 Å². The zero-order chi connectivity index (χ0) is 14.1. The van der Waals surface area contributed by atoms with E-state index in [1.165, 1.54) is 0 Å². The highest BCUT2D eigenvalue weighted by Gasteiger charge is 2.19. The van der Waals surface area contributed by atoms with Gasteiger partial charge >= 0.3 is 5.97 Å². The third-order valence-electron chi connectivity index (χ3n) is 3.34. The van der Waals surface area contributed by atoms with Gasteiger partial charge < -0.3 is 19.1 Å². The maximum atomic E-state index is 10.8. The summed E-state index contributed by atoms with van der Waals surface area (Å²) in [7, 11) is 0. The Hall–Kier alpha value is -2.24. The Labute approximate surface area is 115 Å². The van der Waals surface area contributed by atoms with Gasteiger partial charge in [-0.05, 0) is 6.42 Å². The number of ether oxygens (including phenoxy) is 2. The van der Waals surface area contributed by atoms with Crippen LogP contribution in [0.25, 0.3) is 11.0 Å². The van der Waals surface area contributed by atoms with E-state index in [1.807, 2.05) is 16.7 Å². The average molecular weight is 276 g/mol. The summed E-state index contributed by atoms with van der Waals surface area (Å²) in [6, 6.07) is 3.74. The number of fused-ring (bicyclic) bond motifs is 2. The van der Waals surface area contributed by atoms with Gasteiger partial charge in [0.15, 0.2) is 11.5 Å². The van der Waals surface area contributed by atoms with E-state index >= 15 is 0 Å². The number of carboxylic acids is 1. The minimum Gasteiger partial charge on any atom is -0.481 e. The Bertz CT molecular complexity index is 663. The topological polar surface area (TPSA) is 73.6 Å². The maximum Gasteiger partial charge on any atom is 0.305 e. The van der Waals surface area contributed by atoms with Crippen molar-refractivity contribution in [3.63, 3.8) is 0 Å². The van der Waals surface area contributed by atoms with Crippen LogP contribution < -0.4 is 9.47 Å². The first-order valence-corrected chi connectivity index (χ1v) is 6.69. The predicted octanol–water partition coefficient (Wildman–Crippen LogP) is 2.19. The van der Waals surface area contributed by atoms with Gasteiger partial charge in [-0.25, -0.2) is 4.98 Å². The zero-order valence-corrected chi connectivity index (χ0v) is 11.3. The molecule has 20 heavy (non-hydrogen) atoms. The summed E-state index contributed by atoms with van der Waals surface area (Å²) >= 11 is 0. The fraction of sp³-hybridized carbons (Fsp3) is 0.429. The minimum absolute atomic E-state index is 0.0800. The lowest BCUT2D eigenvalue weighted by Crippen LogP contribution is -2.08. The van der Waals surface area contributed by atoms with Crippen molar-refractivity contribution in [2.45, 2.75) is 32.7 Å². The van der Waals surface area contributed by atoms with Crippen molar-refractivity contribution in [1.29, 1.82) is 0 Å². The predicted molar refractivity (Wildman–Crippen MR) is 72.1 cm³/mol. The van der Waals surface area contributed by atoms with Crippen molar-refractivity contribution < 1.29 is 19.4 Å². The van der Waals surface area contributed by atoms with Crippen molar-refractivity contribution in [3.8, 4) is 11.5 Å². The van der Waals surface area contributed by atoms with Crippen molar-refractivity contribution in [2.75, 3.05) is 6.79 Å². The Morgan fingerprint density at radius 2 is 2.15 bits per heavy atom. The van der Waals surface area contributed by atoms with Gasteiger partial charge in [0.25, 0.3) is 0 Å². The molecule has 1 aromatic carbocycles. The number of carbonyl (C=O) groups is 1. The number of aromatic nitrogens is 2. The molecule has 3 rings (SSSR count). The summed E-state index contributed by atoms with van der Waals surface area (Å²) in [6.45, 7) is 2.72. The number of aliphatic carboxylic acids is 1. The molecule has 6 nitrogen and oxygen atoms in total. The van der Waals surface area contributed by atoms with Crippen LogP contribution in [0, 0.1) is 0 Å². The first-order chi connectivity index (χ1) is 9.69. The third-order valence-corrected chi connectivity index (χ3v) is 3.34. The van der Waals surface area contributed by atoms with Gasteiger partial charge in [0.1, 0.15) is 5.82 Å². The quantitative estimate of drug-likeness (QED) is 0.906. The summed E-state index contributed by atoms with van der Waals surface area (Å²) in [6.07, 6.45) is 1.86. The first kappa shape index (κ1) is 12.8. The molecule has 0 radical (unpaired) electrons. The number of nitrogens with zero attached hydrogens (tertiary/aromatic N) is 2. The second kappa shape index (κ2) is 5.03. The minimum atomic E-state index is -0.810. The lowest BCUT2D eigenvalue weighted by Gasteiger charge is -2.07. The molecule has 2 aromatic rings. The molecule has 1 N–H and O–H groups in total. The summed E-state index contributed by atoms with van der Waals surface area (Å²) < 4.78 is 12.7. The molecular formula is C14H16N2O4. The standard InChI is InChI=1S/C14H16N2O4/c1-2-3-13-15-9-6-11-12(20-8-19-11)7-10(9)16(13)5-4-14(17)18/h6-7H,2-5,8H2,1H3,(H,17,18). The van der Waals surface area contributed by atoms with Gasteiger partial charge in [-0.2, -0.15) is 0 Å². The maximum absolute atomic E-state index is 10.8. The lowest BCUT2D eigenvalue weighted by molar-refractivity contribution is -0.137. The SMILES string of the molecule is CCCc1nc2cc3c(cc2n1CCC(=O)O)OCO3. The highest BCUT2D eigenvalue weighted by molar-refractivity contribution is 5.81. The molecule has 6 heteroatoms. The second-order valence-corrected chi connectivity index (χ2v) is 4.77. The van der Waals surface area contributed by atoms with E-state index in [0.717, 1.165) is 29.7 Å². The molecule has 0 bridgehead atoms. The molecule has 0 aliphatic carbocycles. The monoisotopic (exact) mass is 276 g/mol. The molecular weight excluding hydrogens is 260 g/mol. The number of hydrogen-bond acceptors (Lipinski definition) is 4.